The molecule has 0 radical (unpaired) electrons. The van der Waals surface area contributed by atoms with Crippen LogP contribution in [0.5, 0.6) is 0 Å². The van der Waals surface area contributed by atoms with Gasteiger partial charge in [0.1, 0.15) is 0 Å². The van der Waals surface area contributed by atoms with E-state index in [-0.39, 0.29) is 0 Å². The summed E-state index contributed by atoms with van der Waals surface area (Å²) in [5.74, 6) is 0. The first-order valence-electron chi connectivity index (χ1n) is 4.19. The van der Waals surface area contributed by atoms with Crippen molar-refractivity contribution in [3.8, 4) is 10.6 Å². The molecule has 2 heterocycles. The van der Waals surface area contributed by atoms with Crippen LogP contribution in [0.3, 0.4) is 0 Å². The second-order valence-corrected chi connectivity index (χ2v) is 4.81. The zero-order valence-electron chi connectivity index (χ0n) is 7.50. The van der Waals surface area contributed by atoms with Gasteiger partial charge in [0.15, 0.2) is 0 Å². The van der Waals surface area contributed by atoms with Gasteiger partial charge in [-0.15, -0.1) is 11.3 Å². The topological polar surface area (TPSA) is 17.8 Å². The lowest BCUT2D eigenvalue weighted by atomic mass is 10.3. The van der Waals surface area contributed by atoms with Crippen molar-refractivity contribution in [3.63, 3.8) is 0 Å². The van der Waals surface area contributed by atoms with E-state index in [2.05, 4.69) is 4.98 Å². The second-order valence-electron chi connectivity index (χ2n) is 2.76. The fourth-order valence-corrected chi connectivity index (χ4v) is 2.62. The summed E-state index contributed by atoms with van der Waals surface area (Å²) in [6.07, 6.45) is 1.77. The van der Waals surface area contributed by atoms with Crippen LogP contribution in [0.4, 0.5) is 0 Å². The van der Waals surface area contributed by atoms with Gasteiger partial charge in [-0.05, 0) is 30.7 Å². The molecule has 2 nitrogen and oxygen atoms in total. The molecule has 5 heteroatoms. The lowest BCUT2D eigenvalue weighted by Crippen LogP contribution is -1.95. The molecule has 0 aliphatic carbocycles. The van der Waals surface area contributed by atoms with Gasteiger partial charge in [-0.25, -0.2) is 4.98 Å². The van der Waals surface area contributed by atoms with E-state index >= 15 is 0 Å². The molecule has 0 unspecified atom stereocenters. The van der Waals surface area contributed by atoms with E-state index in [1.165, 1.54) is 11.3 Å². The lowest BCUT2D eigenvalue weighted by molar-refractivity contribution is 0.771. The molecule has 2 aromatic rings. The molecule has 0 aromatic carbocycles. The molecular formula is C9H8Cl2N2S. The number of thiophene rings is 1. The molecule has 0 bridgehead atoms. The number of aromatic nitrogens is 2. The van der Waals surface area contributed by atoms with E-state index in [0.717, 1.165) is 21.5 Å². The fourth-order valence-electron chi connectivity index (χ4n) is 1.30. The molecule has 0 N–H and O–H groups in total. The maximum Gasteiger partial charge on any atom is 0.203 e. The maximum atomic E-state index is 5.93. The number of imidazole rings is 1. The minimum Gasteiger partial charge on any atom is -0.314 e. The Labute approximate surface area is 96.1 Å². The summed E-state index contributed by atoms with van der Waals surface area (Å²) in [7, 11) is 0. The summed E-state index contributed by atoms with van der Waals surface area (Å²) >= 11 is 13.3. The van der Waals surface area contributed by atoms with Gasteiger partial charge in [0, 0.05) is 6.54 Å². The molecule has 0 saturated heterocycles. The maximum absolute atomic E-state index is 5.93. The van der Waals surface area contributed by atoms with E-state index in [4.69, 9.17) is 23.2 Å². The predicted octanol–water partition coefficient (Wildman–Crippen LogP) is 3.94. The van der Waals surface area contributed by atoms with Crippen LogP contribution in [0.25, 0.3) is 10.6 Å². The number of nitrogens with zero attached hydrogens (tertiary/aromatic N) is 2. The lowest BCUT2D eigenvalue weighted by Gasteiger charge is -2.03. The van der Waals surface area contributed by atoms with E-state index in [0.29, 0.717) is 5.28 Å². The Hall–Kier alpha value is -0.510. The molecule has 0 amide bonds. The number of rotatable bonds is 2. The van der Waals surface area contributed by atoms with Gasteiger partial charge in [0.2, 0.25) is 5.28 Å². The third-order valence-corrected chi connectivity index (χ3v) is 3.50. The Kier molecular flexibility index (Phi) is 2.81. The second kappa shape index (κ2) is 3.93. The average Bonchev–Trinajstić information content (AvgIpc) is 2.71. The molecule has 0 fully saturated rings. The van der Waals surface area contributed by atoms with Crippen molar-refractivity contribution < 1.29 is 0 Å². The predicted molar refractivity (Wildman–Crippen MR) is 61.2 cm³/mol. The molecule has 0 atom stereocenters. The number of hydrogen-bond donors (Lipinski definition) is 0. The summed E-state index contributed by atoms with van der Waals surface area (Å²) in [5, 5.41) is 0.520. The van der Waals surface area contributed by atoms with Crippen LogP contribution in [0.15, 0.2) is 18.3 Å². The molecule has 0 aliphatic heterocycles. The Morgan fingerprint density at radius 2 is 2.21 bits per heavy atom. The Bertz CT molecular complexity index is 447. The highest BCUT2D eigenvalue weighted by Crippen LogP contribution is 2.32. The molecule has 0 spiro atoms. The Morgan fingerprint density at radius 3 is 2.79 bits per heavy atom. The molecule has 74 valence electrons. The van der Waals surface area contributed by atoms with Gasteiger partial charge in [-0.2, -0.15) is 0 Å². The molecule has 2 aromatic heterocycles. The molecule has 2 rings (SSSR count). The highest BCUT2D eigenvalue weighted by atomic mass is 35.5. The average molecular weight is 247 g/mol. The summed E-state index contributed by atoms with van der Waals surface area (Å²) in [6.45, 7) is 2.84. The first-order valence-corrected chi connectivity index (χ1v) is 5.76. The van der Waals surface area contributed by atoms with Crippen molar-refractivity contribution >= 4 is 34.5 Å². The van der Waals surface area contributed by atoms with Gasteiger partial charge in [0.05, 0.1) is 21.1 Å². The summed E-state index contributed by atoms with van der Waals surface area (Å²) in [4.78, 5) is 5.16. The molecule has 0 aliphatic rings. The van der Waals surface area contributed by atoms with E-state index < -0.39 is 0 Å². The van der Waals surface area contributed by atoms with Gasteiger partial charge in [-0.3, -0.25) is 0 Å². The van der Waals surface area contributed by atoms with Crippen molar-refractivity contribution in [3.05, 3.63) is 27.9 Å². The Balaban J connectivity index is 2.51. The van der Waals surface area contributed by atoms with Crippen LogP contribution in [0.2, 0.25) is 9.62 Å². The smallest absolute Gasteiger partial charge is 0.203 e. The standard InChI is InChI=1S/C9H8Cl2N2S/c1-2-13-6(5-12-9(13)11)7-3-4-8(10)14-7/h3-5H,2H2,1H3. The number of halogens is 2. The minimum atomic E-state index is 0.520. The molecular weight excluding hydrogens is 239 g/mol. The van der Waals surface area contributed by atoms with Crippen LogP contribution >= 0.6 is 34.5 Å². The van der Waals surface area contributed by atoms with Crippen molar-refractivity contribution in [2.75, 3.05) is 0 Å². The monoisotopic (exact) mass is 246 g/mol. The first-order chi connectivity index (χ1) is 6.72. The summed E-state index contributed by atoms with van der Waals surface area (Å²) in [6, 6.07) is 3.86. The molecule has 14 heavy (non-hydrogen) atoms. The first kappa shape index (κ1) is 10.0. The fraction of sp³-hybridized carbons (Fsp3) is 0.222. The van der Waals surface area contributed by atoms with Crippen molar-refractivity contribution in [2.24, 2.45) is 0 Å². The van der Waals surface area contributed by atoms with Gasteiger partial charge < -0.3 is 4.57 Å². The van der Waals surface area contributed by atoms with E-state index in [1.54, 1.807) is 6.20 Å². The SMILES string of the molecule is CCn1c(-c2ccc(Cl)s2)cnc1Cl. The highest BCUT2D eigenvalue weighted by Gasteiger charge is 2.10. The van der Waals surface area contributed by atoms with E-state index in [1.807, 2.05) is 23.6 Å². The van der Waals surface area contributed by atoms with Gasteiger partial charge in [0.25, 0.3) is 0 Å². The largest absolute Gasteiger partial charge is 0.314 e. The Morgan fingerprint density at radius 1 is 1.43 bits per heavy atom. The van der Waals surface area contributed by atoms with Gasteiger partial charge >= 0.3 is 0 Å². The minimum absolute atomic E-state index is 0.520. The van der Waals surface area contributed by atoms with E-state index in [9.17, 15) is 0 Å². The van der Waals surface area contributed by atoms with Crippen LogP contribution in [-0.4, -0.2) is 9.55 Å². The quantitative estimate of drug-likeness (QED) is 0.785. The van der Waals surface area contributed by atoms with Gasteiger partial charge in [-0.1, -0.05) is 11.6 Å². The normalized spacial score (nSPS) is 10.8. The van der Waals surface area contributed by atoms with Crippen LogP contribution in [-0.2, 0) is 6.54 Å². The van der Waals surface area contributed by atoms with Crippen molar-refractivity contribution in [1.29, 1.82) is 0 Å². The van der Waals surface area contributed by atoms with Crippen LogP contribution in [0, 0.1) is 0 Å². The summed E-state index contributed by atoms with van der Waals surface area (Å²) < 4.78 is 2.73. The van der Waals surface area contributed by atoms with Crippen LogP contribution < -0.4 is 0 Å². The number of hydrogen-bond acceptors (Lipinski definition) is 2. The zero-order chi connectivity index (χ0) is 10.1. The van der Waals surface area contributed by atoms with Crippen molar-refractivity contribution in [2.45, 2.75) is 13.5 Å². The zero-order valence-corrected chi connectivity index (χ0v) is 9.83. The van der Waals surface area contributed by atoms with Crippen molar-refractivity contribution in [1.82, 2.24) is 9.55 Å². The highest BCUT2D eigenvalue weighted by molar-refractivity contribution is 7.19. The third-order valence-electron chi connectivity index (χ3n) is 1.95. The third kappa shape index (κ3) is 1.67. The summed E-state index contributed by atoms with van der Waals surface area (Å²) in [5.41, 5.74) is 1.02. The molecule has 0 saturated carbocycles. The van der Waals surface area contributed by atoms with Crippen LogP contribution in [0.1, 0.15) is 6.92 Å².